The molecule has 0 saturated carbocycles. The molecule has 1 N–H and O–H groups in total. The van der Waals surface area contributed by atoms with Crippen LogP contribution in [0.2, 0.25) is 0 Å². The van der Waals surface area contributed by atoms with E-state index >= 15 is 0 Å². The average molecular weight is 292 g/mol. The second-order valence-corrected chi connectivity index (χ2v) is 5.11. The van der Waals surface area contributed by atoms with Crippen molar-refractivity contribution in [1.82, 2.24) is 15.1 Å². The predicted molar refractivity (Wildman–Crippen MR) is 79.8 cm³/mol. The quantitative estimate of drug-likeness (QED) is 0.881. The third-order valence-electron chi connectivity index (χ3n) is 3.43. The Kier molecular flexibility index (Phi) is 4.45. The molecular weight excluding hydrogens is 274 g/mol. The number of aryl methyl sites for hydroxylation is 1. The van der Waals surface area contributed by atoms with Crippen LogP contribution in [0.1, 0.15) is 40.1 Å². The Morgan fingerprint density at radius 1 is 1.50 bits per heavy atom. The van der Waals surface area contributed by atoms with Gasteiger partial charge in [0.25, 0.3) is 5.91 Å². The highest BCUT2D eigenvalue weighted by Crippen LogP contribution is 2.17. The molecule has 0 aliphatic rings. The van der Waals surface area contributed by atoms with E-state index in [1.807, 2.05) is 39.1 Å². The molecule has 0 spiro atoms. The van der Waals surface area contributed by atoms with Crippen molar-refractivity contribution in [1.29, 1.82) is 0 Å². The Labute approximate surface area is 123 Å². The molecule has 1 aromatic heterocycles. The van der Waals surface area contributed by atoms with Crippen LogP contribution in [0.25, 0.3) is 0 Å². The van der Waals surface area contributed by atoms with Crippen molar-refractivity contribution in [2.24, 2.45) is 7.05 Å². The lowest BCUT2D eigenvalue weighted by Crippen LogP contribution is -2.27. The lowest BCUT2D eigenvalue weighted by Gasteiger charge is -2.14. The molecule has 1 aromatic carbocycles. The summed E-state index contributed by atoms with van der Waals surface area (Å²) in [4.78, 5) is 12.2. The van der Waals surface area contributed by atoms with Gasteiger partial charge in [-0.1, -0.05) is 12.1 Å². The second kappa shape index (κ2) is 6.09. The number of aromatic nitrogens is 2. The summed E-state index contributed by atoms with van der Waals surface area (Å²) < 4.78 is 1.80. The maximum absolute atomic E-state index is 12.2. The number of rotatable bonds is 4. The fourth-order valence-corrected chi connectivity index (χ4v) is 2.26. The van der Waals surface area contributed by atoms with E-state index in [1.165, 1.54) is 0 Å². The first-order valence-electron chi connectivity index (χ1n) is 6.47. The number of alkyl halides is 1. The molecule has 2 rings (SSSR count). The first kappa shape index (κ1) is 14.6. The molecule has 1 amide bonds. The van der Waals surface area contributed by atoms with Crippen molar-refractivity contribution in [2.75, 3.05) is 0 Å². The number of halogens is 1. The molecule has 0 saturated heterocycles. The number of nitrogens with zero attached hydrogens (tertiary/aromatic N) is 2. The third kappa shape index (κ3) is 3.02. The summed E-state index contributed by atoms with van der Waals surface area (Å²) in [5.74, 6) is 0.297. The average Bonchev–Trinajstić information content (AvgIpc) is 2.79. The van der Waals surface area contributed by atoms with Crippen molar-refractivity contribution in [3.05, 3.63) is 52.8 Å². The maximum Gasteiger partial charge on any atom is 0.251 e. The van der Waals surface area contributed by atoms with Crippen LogP contribution in [0.4, 0.5) is 0 Å². The van der Waals surface area contributed by atoms with Gasteiger partial charge in [0.2, 0.25) is 0 Å². The second-order valence-electron chi connectivity index (χ2n) is 4.84. The van der Waals surface area contributed by atoms with E-state index < -0.39 is 0 Å². The third-order valence-corrected chi connectivity index (χ3v) is 3.74. The van der Waals surface area contributed by atoms with Crippen molar-refractivity contribution in [2.45, 2.75) is 25.8 Å². The van der Waals surface area contributed by atoms with E-state index in [0.717, 1.165) is 16.8 Å². The maximum atomic E-state index is 12.2. The molecule has 5 heteroatoms. The molecule has 0 aliphatic heterocycles. The van der Waals surface area contributed by atoms with Crippen LogP contribution in [0.5, 0.6) is 0 Å². The summed E-state index contributed by atoms with van der Waals surface area (Å²) in [6.07, 6.45) is 1.79. The van der Waals surface area contributed by atoms with Crippen LogP contribution in [0, 0.1) is 6.92 Å². The van der Waals surface area contributed by atoms with E-state index in [-0.39, 0.29) is 11.9 Å². The Morgan fingerprint density at radius 3 is 2.85 bits per heavy atom. The molecule has 1 unspecified atom stereocenters. The molecule has 0 bridgehead atoms. The Bertz CT molecular complexity index is 621. The fraction of sp³-hybridized carbons (Fsp3) is 0.333. The highest BCUT2D eigenvalue weighted by Gasteiger charge is 2.15. The van der Waals surface area contributed by atoms with Gasteiger partial charge in [0, 0.05) is 29.7 Å². The first-order valence-corrected chi connectivity index (χ1v) is 7.00. The van der Waals surface area contributed by atoms with Gasteiger partial charge in [-0.15, -0.1) is 11.6 Å². The molecule has 106 valence electrons. The largest absolute Gasteiger partial charge is 0.345 e. The minimum Gasteiger partial charge on any atom is -0.345 e. The van der Waals surface area contributed by atoms with Gasteiger partial charge in [0.05, 0.1) is 12.2 Å². The summed E-state index contributed by atoms with van der Waals surface area (Å²) in [5.41, 5.74) is 3.63. The van der Waals surface area contributed by atoms with Crippen LogP contribution in [-0.2, 0) is 12.9 Å². The van der Waals surface area contributed by atoms with E-state index in [1.54, 1.807) is 16.9 Å². The zero-order chi connectivity index (χ0) is 14.7. The summed E-state index contributed by atoms with van der Waals surface area (Å²) in [7, 11) is 1.89. The van der Waals surface area contributed by atoms with Gasteiger partial charge in [-0.2, -0.15) is 5.10 Å². The van der Waals surface area contributed by atoms with Crippen molar-refractivity contribution in [3.8, 4) is 0 Å². The van der Waals surface area contributed by atoms with Gasteiger partial charge >= 0.3 is 0 Å². The van der Waals surface area contributed by atoms with Crippen LogP contribution in [-0.4, -0.2) is 15.7 Å². The topological polar surface area (TPSA) is 46.9 Å². The Hall–Kier alpha value is -1.81. The van der Waals surface area contributed by atoms with Crippen molar-refractivity contribution in [3.63, 3.8) is 0 Å². The van der Waals surface area contributed by atoms with Crippen LogP contribution in [0.3, 0.4) is 0 Å². The van der Waals surface area contributed by atoms with E-state index in [4.69, 9.17) is 11.6 Å². The SMILES string of the molecule is Cc1c(C(C)NC(=O)c2cccc(CCl)c2)cnn1C. The number of carbonyl (C=O) groups is 1. The van der Waals surface area contributed by atoms with Gasteiger partial charge in [-0.05, 0) is 31.5 Å². The van der Waals surface area contributed by atoms with Gasteiger partial charge < -0.3 is 5.32 Å². The summed E-state index contributed by atoms with van der Waals surface area (Å²) in [6.45, 7) is 3.94. The van der Waals surface area contributed by atoms with Gasteiger partial charge in [0.1, 0.15) is 0 Å². The number of nitrogens with one attached hydrogen (secondary N) is 1. The Balaban J connectivity index is 2.13. The first-order chi connectivity index (χ1) is 9.52. The molecule has 0 aliphatic carbocycles. The molecule has 1 atom stereocenters. The monoisotopic (exact) mass is 291 g/mol. The lowest BCUT2D eigenvalue weighted by atomic mass is 10.1. The van der Waals surface area contributed by atoms with Crippen molar-refractivity contribution < 1.29 is 4.79 Å². The number of amides is 1. The van der Waals surface area contributed by atoms with Gasteiger partial charge in [-0.3, -0.25) is 9.48 Å². The number of hydrogen-bond acceptors (Lipinski definition) is 2. The predicted octanol–water partition coefficient (Wildman–Crippen LogP) is 2.96. The zero-order valence-corrected chi connectivity index (χ0v) is 12.6. The van der Waals surface area contributed by atoms with E-state index in [2.05, 4.69) is 10.4 Å². The molecule has 20 heavy (non-hydrogen) atoms. The zero-order valence-electron chi connectivity index (χ0n) is 11.9. The van der Waals surface area contributed by atoms with Gasteiger partial charge in [-0.25, -0.2) is 0 Å². The summed E-state index contributed by atoms with van der Waals surface area (Å²) >= 11 is 5.79. The molecule has 0 radical (unpaired) electrons. The molecule has 4 nitrogen and oxygen atoms in total. The highest BCUT2D eigenvalue weighted by atomic mass is 35.5. The van der Waals surface area contributed by atoms with E-state index in [9.17, 15) is 4.79 Å². The minimum absolute atomic E-state index is 0.0872. The minimum atomic E-state index is -0.104. The lowest BCUT2D eigenvalue weighted by molar-refractivity contribution is 0.0939. The van der Waals surface area contributed by atoms with Crippen LogP contribution < -0.4 is 5.32 Å². The number of benzene rings is 1. The normalized spacial score (nSPS) is 12.2. The number of carbonyl (C=O) groups excluding carboxylic acids is 1. The highest BCUT2D eigenvalue weighted by molar-refractivity contribution is 6.17. The number of hydrogen-bond donors (Lipinski definition) is 1. The molecule has 1 heterocycles. The van der Waals surface area contributed by atoms with Crippen molar-refractivity contribution >= 4 is 17.5 Å². The fourth-order valence-electron chi connectivity index (χ4n) is 2.09. The van der Waals surface area contributed by atoms with Crippen LogP contribution in [0.15, 0.2) is 30.5 Å². The Morgan fingerprint density at radius 2 is 2.25 bits per heavy atom. The van der Waals surface area contributed by atoms with E-state index in [0.29, 0.717) is 11.4 Å². The molecule has 2 aromatic rings. The van der Waals surface area contributed by atoms with Crippen LogP contribution >= 0.6 is 11.6 Å². The molecular formula is C15H18ClN3O. The smallest absolute Gasteiger partial charge is 0.251 e. The summed E-state index contributed by atoms with van der Waals surface area (Å²) in [6, 6.07) is 7.25. The summed E-state index contributed by atoms with van der Waals surface area (Å²) in [5, 5.41) is 7.18. The standard InChI is InChI=1S/C15H18ClN3O/c1-10(14-9-17-19(3)11(14)2)18-15(20)13-6-4-5-12(7-13)8-16/h4-7,9-10H,8H2,1-3H3,(H,18,20). The van der Waals surface area contributed by atoms with Gasteiger partial charge in [0.15, 0.2) is 0 Å². The molecule has 0 fully saturated rings.